The van der Waals surface area contributed by atoms with Crippen LogP contribution in [0.15, 0.2) is 42.5 Å². The second-order valence-electron chi connectivity index (χ2n) is 4.55. The van der Waals surface area contributed by atoms with Crippen molar-refractivity contribution in [2.75, 3.05) is 7.11 Å². The van der Waals surface area contributed by atoms with E-state index in [0.717, 1.165) is 25.3 Å². The number of carbonyl (C=O) groups is 1. The summed E-state index contributed by atoms with van der Waals surface area (Å²) in [6.07, 6.45) is -4.81. The van der Waals surface area contributed by atoms with E-state index in [1.807, 2.05) is 0 Å². The third-order valence-electron chi connectivity index (χ3n) is 3.02. The molecule has 0 fully saturated rings. The average molecular weight is 341 g/mol. The number of hydrogen-bond donors (Lipinski definition) is 0. The Balaban J connectivity index is 2.44. The maximum atomic E-state index is 12.2. The number of esters is 1. The van der Waals surface area contributed by atoms with Crippen molar-refractivity contribution in [3.8, 4) is 16.9 Å². The number of alkyl halides is 3. The van der Waals surface area contributed by atoms with Crippen molar-refractivity contribution in [3.63, 3.8) is 0 Å². The third kappa shape index (κ3) is 4.00. The zero-order valence-electron chi connectivity index (χ0n) is 12.2. The monoisotopic (exact) mass is 341 g/mol. The Kier molecular flexibility index (Phi) is 4.72. The van der Waals surface area contributed by atoms with E-state index >= 15 is 0 Å². The van der Waals surface area contributed by atoms with Gasteiger partial charge in [-0.05, 0) is 29.3 Å². The number of hydrogen-bond acceptors (Lipinski definition) is 5. The maximum absolute atomic E-state index is 12.2. The zero-order chi connectivity index (χ0) is 17.9. The minimum absolute atomic E-state index is 0.0730. The van der Waals surface area contributed by atoms with Crippen LogP contribution < -0.4 is 4.74 Å². The largest absolute Gasteiger partial charge is 0.573 e. The zero-order valence-corrected chi connectivity index (χ0v) is 12.2. The molecule has 9 heteroatoms. The van der Waals surface area contributed by atoms with Crippen molar-refractivity contribution in [1.82, 2.24) is 0 Å². The van der Waals surface area contributed by atoms with Gasteiger partial charge in [0.15, 0.2) is 0 Å². The first-order chi connectivity index (χ1) is 11.2. The highest BCUT2D eigenvalue weighted by Gasteiger charge is 2.31. The highest BCUT2D eigenvalue weighted by molar-refractivity contribution is 5.98. The maximum Gasteiger partial charge on any atom is 0.573 e. The van der Waals surface area contributed by atoms with Crippen molar-refractivity contribution < 1.29 is 32.4 Å². The van der Waals surface area contributed by atoms with Gasteiger partial charge in [-0.3, -0.25) is 10.1 Å². The lowest BCUT2D eigenvalue weighted by Gasteiger charge is -2.11. The molecule has 6 nitrogen and oxygen atoms in total. The lowest BCUT2D eigenvalue weighted by atomic mass is 9.99. The Morgan fingerprint density at radius 3 is 2.25 bits per heavy atom. The fourth-order valence-corrected chi connectivity index (χ4v) is 2.01. The van der Waals surface area contributed by atoms with Crippen LogP contribution in [0.2, 0.25) is 0 Å². The molecule has 24 heavy (non-hydrogen) atoms. The topological polar surface area (TPSA) is 78.7 Å². The molecule has 0 aromatic heterocycles. The van der Waals surface area contributed by atoms with Gasteiger partial charge in [-0.2, -0.15) is 0 Å². The van der Waals surface area contributed by atoms with Crippen LogP contribution in [0.5, 0.6) is 5.75 Å². The first-order valence-electron chi connectivity index (χ1n) is 6.44. The van der Waals surface area contributed by atoms with E-state index < -0.39 is 23.0 Å². The average Bonchev–Trinajstić information content (AvgIpc) is 2.52. The second-order valence-corrected chi connectivity index (χ2v) is 4.55. The fraction of sp³-hybridized carbons (Fsp3) is 0.133. The smallest absolute Gasteiger partial charge is 0.465 e. The van der Waals surface area contributed by atoms with Crippen LogP contribution in [0, 0.1) is 10.1 Å². The standard InChI is InChI=1S/C15H10F3NO5/c1-23-14(20)13-8-10(19(21)22)4-7-12(13)9-2-5-11(6-3-9)24-15(16,17)18/h2-8H,1H3. The molecule has 2 aromatic carbocycles. The Morgan fingerprint density at radius 2 is 1.75 bits per heavy atom. The number of ether oxygens (including phenoxy) is 2. The number of methoxy groups -OCH3 is 1. The lowest BCUT2D eigenvalue weighted by Crippen LogP contribution is -2.16. The van der Waals surface area contributed by atoms with E-state index in [1.54, 1.807) is 0 Å². The summed E-state index contributed by atoms with van der Waals surface area (Å²) >= 11 is 0. The van der Waals surface area contributed by atoms with E-state index in [0.29, 0.717) is 5.56 Å². The van der Waals surface area contributed by atoms with E-state index in [-0.39, 0.29) is 16.8 Å². The molecule has 0 spiro atoms. The molecule has 0 saturated heterocycles. The molecular weight excluding hydrogens is 331 g/mol. The fourth-order valence-electron chi connectivity index (χ4n) is 2.01. The Hall–Kier alpha value is -3.10. The predicted octanol–water partition coefficient (Wildman–Crippen LogP) is 3.95. The van der Waals surface area contributed by atoms with Gasteiger partial charge < -0.3 is 9.47 Å². The Morgan fingerprint density at radius 1 is 1.12 bits per heavy atom. The Labute approximate surface area is 133 Å². The first-order valence-corrected chi connectivity index (χ1v) is 6.44. The first kappa shape index (κ1) is 17.3. The number of nitro benzene ring substituents is 1. The van der Waals surface area contributed by atoms with Crippen LogP contribution in [-0.2, 0) is 4.74 Å². The van der Waals surface area contributed by atoms with Crippen molar-refractivity contribution in [2.45, 2.75) is 6.36 Å². The molecule has 0 N–H and O–H groups in total. The van der Waals surface area contributed by atoms with E-state index in [4.69, 9.17) is 0 Å². The molecule has 0 amide bonds. The molecule has 0 radical (unpaired) electrons. The Bertz CT molecular complexity index is 772. The van der Waals surface area contributed by atoms with E-state index in [9.17, 15) is 28.1 Å². The summed E-state index contributed by atoms with van der Waals surface area (Å²) in [6, 6.07) is 8.30. The minimum Gasteiger partial charge on any atom is -0.465 e. The molecule has 0 aliphatic heterocycles. The van der Waals surface area contributed by atoms with Crippen LogP contribution in [0.3, 0.4) is 0 Å². The summed E-state index contributed by atoms with van der Waals surface area (Å²) in [5.74, 6) is -1.22. The molecule has 0 unspecified atom stereocenters. The van der Waals surface area contributed by atoms with Crippen molar-refractivity contribution in [3.05, 3.63) is 58.1 Å². The number of rotatable bonds is 4. The van der Waals surface area contributed by atoms with Crippen LogP contribution in [-0.4, -0.2) is 24.4 Å². The van der Waals surface area contributed by atoms with E-state index in [2.05, 4.69) is 9.47 Å². The summed E-state index contributed by atoms with van der Waals surface area (Å²) in [5.41, 5.74) is 0.276. The quantitative estimate of drug-likeness (QED) is 0.478. The molecule has 2 rings (SSSR count). The molecule has 0 bridgehead atoms. The van der Waals surface area contributed by atoms with Gasteiger partial charge in [0, 0.05) is 12.1 Å². The van der Waals surface area contributed by atoms with Gasteiger partial charge >= 0.3 is 12.3 Å². The SMILES string of the molecule is COC(=O)c1cc([N+](=O)[O-])ccc1-c1ccc(OC(F)(F)F)cc1. The minimum atomic E-state index is -4.81. The molecule has 0 aliphatic rings. The van der Waals surface area contributed by atoms with Gasteiger partial charge in [0.2, 0.25) is 0 Å². The number of halogens is 3. The molecule has 126 valence electrons. The summed E-state index contributed by atoms with van der Waals surface area (Å²) in [5, 5.41) is 10.8. The predicted molar refractivity (Wildman–Crippen MR) is 76.6 cm³/mol. The summed E-state index contributed by atoms with van der Waals surface area (Å²) < 4.78 is 44.8. The molecular formula is C15H10F3NO5. The summed E-state index contributed by atoms with van der Waals surface area (Å²) in [7, 11) is 1.12. The summed E-state index contributed by atoms with van der Waals surface area (Å²) in [6.45, 7) is 0. The van der Waals surface area contributed by atoms with Crippen molar-refractivity contribution in [2.24, 2.45) is 0 Å². The van der Waals surface area contributed by atoms with Crippen LogP contribution >= 0.6 is 0 Å². The highest BCUT2D eigenvalue weighted by Crippen LogP contribution is 2.30. The van der Waals surface area contributed by atoms with Gasteiger partial charge in [0.05, 0.1) is 17.6 Å². The third-order valence-corrected chi connectivity index (χ3v) is 3.02. The molecule has 0 heterocycles. The van der Waals surface area contributed by atoms with Crippen molar-refractivity contribution >= 4 is 11.7 Å². The van der Waals surface area contributed by atoms with Gasteiger partial charge in [-0.25, -0.2) is 4.79 Å². The normalized spacial score (nSPS) is 11.0. The van der Waals surface area contributed by atoms with Crippen LogP contribution in [0.4, 0.5) is 18.9 Å². The number of benzene rings is 2. The molecule has 0 atom stereocenters. The van der Waals surface area contributed by atoms with E-state index in [1.165, 1.54) is 24.3 Å². The number of carbonyl (C=O) groups excluding carboxylic acids is 1. The van der Waals surface area contributed by atoms with Gasteiger partial charge in [-0.15, -0.1) is 13.2 Å². The number of non-ortho nitro benzene ring substituents is 1. The second kappa shape index (κ2) is 6.57. The van der Waals surface area contributed by atoms with Crippen LogP contribution in [0.1, 0.15) is 10.4 Å². The molecule has 2 aromatic rings. The van der Waals surface area contributed by atoms with Crippen molar-refractivity contribution in [1.29, 1.82) is 0 Å². The summed E-state index contributed by atoms with van der Waals surface area (Å²) in [4.78, 5) is 22.0. The van der Waals surface area contributed by atoms with Crippen LogP contribution in [0.25, 0.3) is 11.1 Å². The number of nitro groups is 1. The number of nitrogens with zero attached hydrogens (tertiary/aromatic N) is 1. The lowest BCUT2D eigenvalue weighted by molar-refractivity contribution is -0.384. The molecule has 0 aliphatic carbocycles. The van der Waals surface area contributed by atoms with Gasteiger partial charge in [0.1, 0.15) is 5.75 Å². The van der Waals surface area contributed by atoms with Gasteiger partial charge in [0.25, 0.3) is 5.69 Å². The molecule has 0 saturated carbocycles. The van der Waals surface area contributed by atoms with Gasteiger partial charge in [-0.1, -0.05) is 12.1 Å². The highest BCUT2D eigenvalue weighted by atomic mass is 19.4.